The molecule has 148 valence electrons. The summed E-state index contributed by atoms with van der Waals surface area (Å²) < 4.78 is 13.6. The number of aryl methyl sites for hydroxylation is 1. The van der Waals surface area contributed by atoms with E-state index in [1.54, 1.807) is 12.1 Å². The number of aliphatic hydroxyl groups is 1. The lowest BCUT2D eigenvalue weighted by Crippen LogP contribution is -2.17. The van der Waals surface area contributed by atoms with Crippen LogP contribution < -0.4 is 10.6 Å². The number of rotatable bonds is 8. The average molecular weight is 385 g/mol. The molecule has 1 amide bonds. The van der Waals surface area contributed by atoms with Gasteiger partial charge >= 0.3 is 0 Å². The van der Waals surface area contributed by atoms with Crippen LogP contribution in [0.5, 0.6) is 0 Å². The van der Waals surface area contributed by atoms with Crippen molar-refractivity contribution in [2.75, 3.05) is 18.5 Å². The highest BCUT2D eigenvalue weighted by atomic mass is 19.1. The molecule has 0 spiro atoms. The summed E-state index contributed by atoms with van der Waals surface area (Å²) in [5, 5.41) is 14.8. The molecular formula is C21H24FN3O3. The third-order valence-corrected chi connectivity index (χ3v) is 4.97. The van der Waals surface area contributed by atoms with Crippen molar-refractivity contribution < 1.29 is 19.1 Å². The Bertz CT molecular complexity index is 947. The maximum absolute atomic E-state index is 13.6. The summed E-state index contributed by atoms with van der Waals surface area (Å²) in [5.74, 6) is -0.790. The summed E-state index contributed by atoms with van der Waals surface area (Å²) in [6.45, 7) is 4.82. The minimum Gasteiger partial charge on any atom is -0.389 e. The fourth-order valence-corrected chi connectivity index (χ4v) is 3.38. The first-order valence-corrected chi connectivity index (χ1v) is 9.25. The maximum Gasteiger partial charge on any atom is 0.256 e. The number of hydrogen-bond donors (Lipinski definition) is 4. The van der Waals surface area contributed by atoms with E-state index in [-0.39, 0.29) is 17.5 Å². The van der Waals surface area contributed by atoms with Gasteiger partial charge in [0, 0.05) is 35.6 Å². The largest absolute Gasteiger partial charge is 0.389 e. The van der Waals surface area contributed by atoms with E-state index in [0.717, 1.165) is 22.5 Å². The second-order valence-corrected chi connectivity index (χ2v) is 6.95. The van der Waals surface area contributed by atoms with E-state index in [9.17, 15) is 14.0 Å². The number of amides is 1. The molecule has 4 N–H and O–H groups in total. The summed E-state index contributed by atoms with van der Waals surface area (Å²) in [5.41, 5.74) is 5.51. The van der Waals surface area contributed by atoms with Gasteiger partial charge < -0.3 is 20.7 Å². The fourth-order valence-electron chi connectivity index (χ4n) is 3.38. The van der Waals surface area contributed by atoms with Gasteiger partial charge in [-0.05, 0) is 62.2 Å². The number of aromatic amines is 1. The molecular weight excluding hydrogens is 361 g/mol. The van der Waals surface area contributed by atoms with Crippen LogP contribution >= 0.6 is 0 Å². The first-order chi connectivity index (χ1) is 13.4. The van der Waals surface area contributed by atoms with Crippen molar-refractivity contribution in [3.63, 3.8) is 0 Å². The first-order valence-electron chi connectivity index (χ1n) is 9.25. The number of anilines is 1. The Morgan fingerprint density at radius 1 is 1.32 bits per heavy atom. The fraction of sp³-hybridized carbons (Fsp3) is 0.333. The number of Topliss-reactive ketones (excluding diaryl/α,β-unsaturated/α-hetero) is 1. The minimum atomic E-state index is -0.408. The topological polar surface area (TPSA) is 94.2 Å². The first kappa shape index (κ1) is 20.0. The predicted molar refractivity (Wildman–Crippen MR) is 106 cm³/mol. The average Bonchev–Trinajstić information content (AvgIpc) is 3.11. The second-order valence-electron chi connectivity index (χ2n) is 6.95. The zero-order valence-electron chi connectivity index (χ0n) is 16.0. The molecule has 1 aromatic heterocycles. The summed E-state index contributed by atoms with van der Waals surface area (Å²) in [4.78, 5) is 26.7. The summed E-state index contributed by atoms with van der Waals surface area (Å²) >= 11 is 0. The van der Waals surface area contributed by atoms with E-state index in [2.05, 4.69) is 15.6 Å². The molecule has 1 aliphatic rings. The van der Waals surface area contributed by atoms with Crippen molar-refractivity contribution in [2.24, 2.45) is 0 Å². The number of fused-ring (bicyclic) bond motifs is 1. The van der Waals surface area contributed by atoms with Crippen LogP contribution in [-0.2, 0) is 16.1 Å². The number of aliphatic hydroxyl groups excluding tert-OH is 1. The number of nitrogens with one attached hydrogen (secondary N) is 3. The summed E-state index contributed by atoms with van der Waals surface area (Å²) in [7, 11) is 0. The van der Waals surface area contributed by atoms with Gasteiger partial charge in [0.2, 0.25) is 0 Å². The monoisotopic (exact) mass is 385 g/mol. The third kappa shape index (κ3) is 4.21. The maximum atomic E-state index is 13.6. The van der Waals surface area contributed by atoms with Crippen LogP contribution in [-0.4, -0.2) is 34.9 Å². The van der Waals surface area contributed by atoms with Crippen LogP contribution in [0, 0.1) is 19.7 Å². The number of ketones is 1. The van der Waals surface area contributed by atoms with Gasteiger partial charge in [0.25, 0.3) is 5.91 Å². The number of H-pyrrole nitrogens is 1. The van der Waals surface area contributed by atoms with Crippen LogP contribution in [0.15, 0.2) is 18.2 Å². The number of aromatic nitrogens is 1. The Morgan fingerprint density at radius 3 is 2.86 bits per heavy atom. The summed E-state index contributed by atoms with van der Waals surface area (Å²) in [6, 6.07) is 4.25. The Labute approximate surface area is 162 Å². The smallest absolute Gasteiger partial charge is 0.256 e. The van der Waals surface area contributed by atoms with Gasteiger partial charge in [-0.1, -0.05) is 0 Å². The van der Waals surface area contributed by atoms with Crippen molar-refractivity contribution in [3.8, 4) is 0 Å². The number of carbonyl (C=O) groups is 2. The molecule has 28 heavy (non-hydrogen) atoms. The normalized spacial score (nSPS) is 14.4. The van der Waals surface area contributed by atoms with E-state index in [1.807, 2.05) is 13.8 Å². The van der Waals surface area contributed by atoms with E-state index in [4.69, 9.17) is 5.11 Å². The Kier molecular flexibility index (Phi) is 6.06. The second kappa shape index (κ2) is 8.50. The Balaban J connectivity index is 1.74. The summed E-state index contributed by atoms with van der Waals surface area (Å²) in [6.07, 6.45) is 2.78. The quantitative estimate of drug-likeness (QED) is 0.415. The number of benzene rings is 1. The van der Waals surface area contributed by atoms with E-state index < -0.39 is 6.61 Å². The molecule has 7 heteroatoms. The molecule has 1 aliphatic heterocycles. The van der Waals surface area contributed by atoms with Gasteiger partial charge in [-0.25, -0.2) is 4.39 Å². The van der Waals surface area contributed by atoms with Gasteiger partial charge in [-0.15, -0.1) is 0 Å². The molecule has 2 aromatic rings. The van der Waals surface area contributed by atoms with Crippen molar-refractivity contribution in [2.45, 2.75) is 33.2 Å². The molecule has 1 aromatic carbocycles. The molecule has 0 saturated carbocycles. The third-order valence-electron chi connectivity index (χ3n) is 4.97. The van der Waals surface area contributed by atoms with Crippen molar-refractivity contribution in [1.82, 2.24) is 10.3 Å². The highest BCUT2D eigenvalue weighted by Crippen LogP contribution is 2.34. The zero-order chi connectivity index (χ0) is 20.3. The lowest BCUT2D eigenvalue weighted by Gasteiger charge is -2.05. The molecule has 0 bridgehead atoms. The Morgan fingerprint density at radius 2 is 2.11 bits per heavy atom. The van der Waals surface area contributed by atoms with Gasteiger partial charge in [0.05, 0.1) is 5.57 Å². The predicted octanol–water partition coefficient (Wildman–Crippen LogP) is 2.69. The molecule has 0 radical (unpaired) electrons. The van der Waals surface area contributed by atoms with Crippen LogP contribution in [0.4, 0.5) is 10.1 Å². The number of hydrogen-bond acceptors (Lipinski definition) is 4. The lowest BCUT2D eigenvalue weighted by atomic mass is 10.0. The standard InChI is InChI=1S/C21H24FN3O3/c1-12-18(10-23-7-3-4-15(27)11-26)13(2)24-20(12)9-17-16-8-14(22)5-6-19(16)25-21(17)28/h5-6,8-9,23-24,26H,3-4,7,10-11H2,1-2H3,(H,25,28)/b17-9-. The van der Waals surface area contributed by atoms with Crippen LogP contribution in [0.2, 0.25) is 0 Å². The van der Waals surface area contributed by atoms with E-state index >= 15 is 0 Å². The number of halogens is 1. The van der Waals surface area contributed by atoms with E-state index in [1.165, 1.54) is 12.1 Å². The highest BCUT2D eigenvalue weighted by molar-refractivity contribution is 6.34. The van der Waals surface area contributed by atoms with E-state index in [0.29, 0.717) is 42.8 Å². The molecule has 3 rings (SSSR count). The van der Waals surface area contributed by atoms with Crippen LogP contribution in [0.25, 0.3) is 11.6 Å². The minimum absolute atomic E-state index is 0.156. The van der Waals surface area contributed by atoms with Crippen molar-refractivity contribution in [1.29, 1.82) is 0 Å². The van der Waals surface area contributed by atoms with Gasteiger partial charge in [0.15, 0.2) is 5.78 Å². The molecule has 2 heterocycles. The van der Waals surface area contributed by atoms with Gasteiger partial charge in [0.1, 0.15) is 12.4 Å². The van der Waals surface area contributed by atoms with Gasteiger partial charge in [-0.3, -0.25) is 9.59 Å². The molecule has 0 saturated heterocycles. The molecule has 0 fully saturated rings. The van der Waals surface area contributed by atoms with Gasteiger partial charge in [-0.2, -0.15) is 0 Å². The van der Waals surface area contributed by atoms with Crippen LogP contribution in [0.1, 0.15) is 40.9 Å². The Hall–Kier alpha value is -2.77. The SMILES string of the molecule is Cc1[nH]c(/C=C2\C(=O)Nc3ccc(F)cc32)c(C)c1CNCCCC(=O)CO. The molecule has 0 aliphatic carbocycles. The molecule has 0 unspecified atom stereocenters. The lowest BCUT2D eigenvalue weighted by molar-refractivity contribution is -0.121. The van der Waals surface area contributed by atoms with Crippen LogP contribution in [0.3, 0.4) is 0 Å². The molecule has 6 nitrogen and oxygen atoms in total. The molecule has 0 atom stereocenters. The van der Waals surface area contributed by atoms with Crippen molar-refractivity contribution in [3.05, 3.63) is 52.1 Å². The van der Waals surface area contributed by atoms with Crippen molar-refractivity contribution >= 4 is 29.0 Å². The number of carbonyl (C=O) groups excluding carboxylic acids is 2. The zero-order valence-corrected chi connectivity index (χ0v) is 16.0. The highest BCUT2D eigenvalue weighted by Gasteiger charge is 2.25.